The molecule has 0 aliphatic heterocycles. The largest absolute Gasteiger partial charge is 0.485 e. The molecule has 0 fully saturated rings. The van der Waals surface area contributed by atoms with Crippen LogP contribution in [0, 0.1) is 0 Å². The first kappa shape index (κ1) is 14.7. The van der Waals surface area contributed by atoms with E-state index in [1.807, 2.05) is 13.0 Å². The van der Waals surface area contributed by atoms with Crippen LogP contribution in [0.1, 0.15) is 42.3 Å². The summed E-state index contributed by atoms with van der Waals surface area (Å²) < 4.78 is 11.5. The Morgan fingerprint density at radius 2 is 2.25 bits per heavy atom. The second kappa shape index (κ2) is 6.65. The second-order valence-corrected chi connectivity index (χ2v) is 5.26. The van der Waals surface area contributed by atoms with Crippen molar-refractivity contribution >= 4 is 21.7 Å². The normalized spacial score (nSPS) is 10.6. The van der Waals surface area contributed by atoms with Crippen molar-refractivity contribution in [1.82, 2.24) is 10.1 Å². The number of hydrogen-bond donors (Lipinski definition) is 0. The minimum Gasteiger partial charge on any atom is -0.485 e. The van der Waals surface area contributed by atoms with Gasteiger partial charge in [-0.2, -0.15) is 4.98 Å². The van der Waals surface area contributed by atoms with E-state index in [9.17, 15) is 4.79 Å². The summed E-state index contributed by atoms with van der Waals surface area (Å²) >= 11 is 3.33. The van der Waals surface area contributed by atoms with Crippen LogP contribution in [0.4, 0.5) is 0 Å². The molecule has 2 aromatic rings. The number of aromatic nitrogens is 2. The zero-order valence-corrected chi connectivity index (χ0v) is 12.9. The lowest BCUT2D eigenvalue weighted by molar-refractivity contribution is 0.101. The number of carbonyl (C=O) groups is 1. The lowest BCUT2D eigenvalue weighted by Gasteiger charge is -2.08. The number of hydrogen-bond acceptors (Lipinski definition) is 5. The van der Waals surface area contributed by atoms with Gasteiger partial charge in [0.25, 0.3) is 0 Å². The van der Waals surface area contributed by atoms with Crippen LogP contribution in [0.15, 0.2) is 27.2 Å². The lowest BCUT2D eigenvalue weighted by atomic mass is 10.1. The van der Waals surface area contributed by atoms with Gasteiger partial charge in [-0.05, 0) is 31.5 Å². The third-order valence-electron chi connectivity index (χ3n) is 2.65. The number of rotatable bonds is 6. The molecule has 0 aliphatic carbocycles. The van der Waals surface area contributed by atoms with Gasteiger partial charge in [-0.25, -0.2) is 0 Å². The minimum absolute atomic E-state index is 0.0546. The molecule has 6 heteroatoms. The number of halogens is 1. The molecule has 5 nitrogen and oxygen atoms in total. The van der Waals surface area contributed by atoms with E-state index in [1.165, 1.54) is 6.92 Å². The third-order valence-corrected chi connectivity index (χ3v) is 3.14. The maximum absolute atomic E-state index is 11.6. The highest BCUT2D eigenvalue weighted by atomic mass is 79.9. The fraction of sp³-hybridized carbons (Fsp3) is 0.357. The predicted octanol–water partition coefficient (Wildman–Crippen LogP) is 3.57. The SMILES string of the molecule is CCCc1nc(COc2ccc(Br)cc2C(C)=O)no1. The number of ketones is 1. The van der Waals surface area contributed by atoms with Crippen LogP contribution in [-0.2, 0) is 13.0 Å². The average molecular weight is 339 g/mol. The highest BCUT2D eigenvalue weighted by Gasteiger charge is 2.11. The van der Waals surface area contributed by atoms with Crippen LogP contribution in [0.25, 0.3) is 0 Å². The number of Topliss-reactive ketones (excluding diaryl/α,β-unsaturated/α-hetero) is 1. The zero-order valence-electron chi connectivity index (χ0n) is 11.4. The fourth-order valence-electron chi connectivity index (χ4n) is 1.71. The van der Waals surface area contributed by atoms with Crippen molar-refractivity contribution in [1.29, 1.82) is 0 Å². The molecule has 0 aliphatic rings. The van der Waals surface area contributed by atoms with Gasteiger partial charge >= 0.3 is 0 Å². The number of carbonyl (C=O) groups excluding carboxylic acids is 1. The summed E-state index contributed by atoms with van der Waals surface area (Å²) in [5.74, 6) is 1.54. The summed E-state index contributed by atoms with van der Waals surface area (Å²) in [6.45, 7) is 3.72. The van der Waals surface area contributed by atoms with Crippen LogP contribution >= 0.6 is 15.9 Å². The highest BCUT2D eigenvalue weighted by Crippen LogP contribution is 2.24. The highest BCUT2D eigenvalue weighted by molar-refractivity contribution is 9.10. The van der Waals surface area contributed by atoms with E-state index in [4.69, 9.17) is 9.26 Å². The van der Waals surface area contributed by atoms with E-state index in [-0.39, 0.29) is 12.4 Å². The maximum Gasteiger partial charge on any atom is 0.226 e. The molecule has 0 saturated carbocycles. The Balaban J connectivity index is 2.08. The van der Waals surface area contributed by atoms with Gasteiger partial charge in [-0.1, -0.05) is 28.0 Å². The number of aryl methyl sites for hydroxylation is 1. The van der Waals surface area contributed by atoms with Gasteiger partial charge < -0.3 is 9.26 Å². The summed E-state index contributed by atoms with van der Waals surface area (Å²) in [5, 5.41) is 3.84. The van der Waals surface area contributed by atoms with Crippen molar-refractivity contribution in [2.75, 3.05) is 0 Å². The summed E-state index contributed by atoms with van der Waals surface area (Å²) in [7, 11) is 0. The maximum atomic E-state index is 11.6. The standard InChI is InChI=1S/C14H15BrN2O3/c1-3-4-14-16-13(17-20-14)8-19-12-6-5-10(15)7-11(12)9(2)18/h5-7H,3-4,8H2,1-2H3. The Kier molecular flexibility index (Phi) is 4.89. The molecule has 0 bridgehead atoms. The van der Waals surface area contributed by atoms with Crippen LogP contribution < -0.4 is 4.74 Å². The Bertz CT molecular complexity index is 610. The Morgan fingerprint density at radius 1 is 1.45 bits per heavy atom. The van der Waals surface area contributed by atoms with E-state index in [2.05, 4.69) is 26.1 Å². The molecule has 0 saturated heterocycles. The number of nitrogens with zero attached hydrogens (tertiary/aromatic N) is 2. The Hall–Kier alpha value is -1.69. The smallest absolute Gasteiger partial charge is 0.226 e. The molecule has 0 radical (unpaired) electrons. The molecule has 106 valence electrons. The fourth-order valence-corrected chi connectivity index (χ4v) is 2.07. The molecule has 0 unspecified atom stereocenters. The minimum atomic E-state index is -0.0546. The zero-order chi connectivity index (χ0) is 14.5. The number of ether oxygens (including phenoxy) is 1. The molecule has 0 N–H and O–H groups in total. The molecule has 20 heavy (non-hydrogen) atoms. The summed E-state index contributed by atoms with van der Waals surface area (Å²) in [6, 6.07) is 5.30. The molecule has 1 aromatic heterocycles. The van der Waals surface area contributed by atoms with Crippen molar-refractivity contribution in [3.05, 3.63) is 40.0 Å². The Morgan fingerprint density at radius 3 is 2.95 bits per heavy atom. The first-order valence-corrected chi connectivity index (χ1v) is 7.14. The quantitative estimate of drug-likeness (QED) is 0.753. The van der Waals surface area contributed by atoms with Gasteiger partial charge in [-0.3, -0.25) is 4.79 Å². The van der Waals surface area contributed by atoms with Crippen molar-refractivity contribution in [3.8, 4) is 5.75 Å². The third kappa shape index (κ3) is 3.66. The van der Waals surface area contributed by atoms with E-state index in [0.29, 0.717) is 23.0 Å². The second-order valence-electron chi connectivity index (χ2n) is 4.34. The lowest BCUT2D eigenvalue weighted by Crippen LogP contribution is -2.03. The molecule has 2 rings (SSSR count). The molecule has 0 atom stereocenters. The van der Waals surface area contributed by atoms with Gasteiger partial charge in [-0.15, -0.1) is 0 Å². The Labute approximate surface area is 125 Å². The molecule has 1 aromatic carbocycles. The molecular weight excluding hydrogens is 324 g/mol. The topological polar surface area (TPSA) is 65.2 Å². The van der Waals surface area contributed by atoms with Crippen LogP contribution in [0.2, 0.25) is 0 Å². The first-order chi connectivity index (χ1) is 9.60. The van der Waals surface area contributed by atoms with Crippen molar-refractivity contribution in [3.63, 3.8) is 0 Å². The van der Waals surface area contributed by atoms with Crippen molar-refractivity contribution in [2.24, 2.45) is 0 Å². The molecule has 1 heterocycles. The van der Waals surface area contributed by atoms with Crippen molar-refractivity contribution in [2.45, 2.75) is 33.3 Å². The van der Waals surface area contributed by atoms with Gasteiger partial charge in [0.1, 0.15) is 5.75 Å². The van der Waals surface area contributed by atoms with Gasteiger partial charge in [0.05, 0.1) is 5.56 Å². The monoisotopic (exact) mass is 338 g/mol. The number of benzene rings is 1. The summed E-state index contributed by atoms with van der Waals surface area (Å²) in [6.07, 6.45) is 1.70. The van der Waals surface area contributed by atoms with Crippen molar-refractivity contribution < 1.29 is 14.1 Å². The average Bonchev–Trinajstić information content (AvgIpc) is 2.85. The van der Waals surface area contributed by atoms with Crippen LogP contribution in [0.5, 0.6) is 5.75 Å². The summed E-state index contributed by atoms with van der Waals surface area (Å²) in [4.78, 5) is 15.8. The summed E-state index contributed by atoms with van der Waals surface area (Å²) in [5.41, 5.74) is 0.525. The molecule has 0 spiro atoms. The van der Waals surface area contributed by atoms with E-state index in [1.54, 1.807) is 12.1 Å². The molecular formula is C14H15BrN2O3. The van der Waals surface area contributed by atoms with Crippen LogP contribution in [-0.4, -0.2) is 15.9 Å². The van der Waals surface area contributed by atoms with E-state index in [0.717, 1.165) is 17.3 Å². The first-order valence-electron chi connectivity index (χ1n) is 6.35. The predicted molar refractivity (Wildman–Crippen MR) is 76.8 cm³/mol. The van der Waals surface area contributed by atoms with E-state index >= 15 is 0 Å². The van der Waals surface area contributed by atoms with Gasteiger partial charge in [0.2, 0.25) is 11.7 Å². The van der Waals surface area contributed by atoms with Gasteiger partial charge in [0.15, 0.2) is 12.4 Å². The van der Waals surface area contributed by atoms with Gasteiger partial charge in [0, 0.05) is 10.9 Å². The molecule has 0 amide bonds. The van der Waals surface area contributed by atoms with Crippen LogP contribution in [0.3, 0.4) is 0 Å². The van der Waals surface area contributed by atoms with E-state index < -0.39 is 0 Å².